The summed E-state index contributed by atoms with van der Waals surface area (Å²) >= 11 is 6.22. The Kier molecular flexibility index (Phi) is 5.84. The van der Waals surface area contributed by atoms with E-state index in [4.69, 9.17) is 21.1 Å². The van der Waals surface area contributed by atoms with Crippen LogP contribution < -0.4 is 9.47 Å². The predicted molar refractivity (Wildman–Crippen MR) is 104 cm³/mol. The summed E-state index contributed by atoms with van der Waals surface area (Å²) in [6, 6.07) is 13.9. The summed E-state index contributed by atoms with van der Waals surface area (Å²) in [6.45, 7) is 0.773. The molecule has 0 spiro atoms. The molecule has 0 aromatic heterocycles. The van der Waals surface area contributed by atoms with Gasteiger partial charge in [-0.05, 0) is 42.2 Å². The van der Waals surface area contributed by atoms with Crippen LogP contribution in [0.25, 0.3) is 6.08 Å². The van der Waals surface area contributed by atoms with E-state index < -0.39 is 0 Å². The molecule has 1 aliphatic heterocycles. The molecule has 0 aliphatic carbocycles. The zero-order valence-electron chi connectivity index (χ0n) is 14.9. The average molecular weight is 372 g/mol. The fourth-order valence-electron chi connectivity index (χ4n) is 3.35. The van der Waals surface area contributed by atoms with E-state index in [0.29, 0.717) is 16.5 Å². The van der Waals surface area contributed by atoms with E-state index >= 15 is 0 Å². The Morgan fingerprint density at radius 1 is 1.19 bits per heavy atom. The summed E-state index contributed by atoms with van der Waals surface area (Å²) in [6.07, 6.45) is 5.36. The summed E-state index contributed by atoms with van der Waals surface area (Å²) in [4.78, 5) is 14.6. The van der Waals surface area contributed by atoms with Crippen LogP contribution in [0.2, 0.25) is 5.02 Å². The minimum absolute atomic E-state index is 0.00209. The van der Waals surface area contributed by atoms with Crippen molar-refractivity contribution in [1.82, 2.24) is 4.90 Å². The van der Waals surface area contributed by atoms with Crippen LogP contribution in [0.15, 0.2) is 48.5 Å². The number of methoxy groups -OCH3 is 2. The quantitative estimate of drug-likeness (QED) is 0.713. The van der Waals surface area contributed by atoms with E-state index in [1.165, 1.54) is 5.56 Å². The van der Waals surface area contributed by atoms with Gasteiger partial charge in [0.15, 0.2) is 11.5 Å². The van der Waals surface area contributed by atoms with Crippen LogP contribution in [-0.2, 0) is 4.79 Å². The molecule has 1 heterocycles. The lowest BCUT2D eigenvalue weighted by Crippen LogP contribution is -2.28. The molecular weight excluding hydrogens is 350 g/mol. The van der Waals surface area contributed by atoms with Crippen LogP contribution in [0.3, 0.4) is 0 Å². The average Bonchev–Trinajstić information content (AvgIpc) is 3.16. The van der Waals surface area contributed by atoms with Crippen molar-refractivity contribution in [1.29, 1.82) is 0 Å². The smallest absolute Gasteiger partial charge is 0.247 e. The summed E-state index contributed by atoms with van der Waals surface area (Å²) < 4.78 is 10.5. The number of hydrogen-bond acceptors (Lipinski definition) is 3. The number of hydrogen-bond donors (Lipinski definition) is 0. The van der Waals surface area contributed by atoms with Gasteiger partial charge in [0.1, 0.15) is 0 Å². The maximum atomic E-state index is 12.7. The Morgan fingerprint density at radius 3 is 2.65 bits per heavy atom. The fraction of sp³-hybridized carbons (Fsp3) is 0.286. The third kappa shape index (κ3) is 3.86. The molecular formula is C21H22ClNO3. The van der Waals surface area contributed by atoms with Gasteiger partial charge in [-0.2, -0.15) is 0 Å². The van der Waals surface area contributed by atoms with Crippen molar-refractivity contribution in [2.24, 2.45) is 0 Å². The Morgan fingerprint density at radius 2 is 1.96 bits per heavy atom. The molecule has 2 aromatic carbocycles. The zero-order chi connectivity index (χ0) is 18.5. The molecule has 2 aromatic rings. The van der Waals surface area contributed by atoms with Crippen molar-refractivity contribution in [3.8, 4) is 11.5 Å². The number of likely N-dealkylation sites (tertiary alicyclic amines) is 1. The van der Waals surface area contributed by atoms with E-state index in [9.17, 15) is 4.79 Å². The minimum Gasteiger partial charge on any atom is -0.493 e. The number of carbonyl (C=O) groups excluding carboxylic acids is 1. The highest BCUT2D eigenvalue weighted by Gasteiger charge is 2.28. The van der Waals surface area contributed by atoms with E-state index in [0.717, 1.165) is 24.9 Å². The topological polar surface area (TPSA) is 38.8 Å². The van der Waals surface area contributed by atoms with Crippen LogP contribution in [0, 0.1) is 0 Å². The predicted octanol–water partition coefficient (Wildman–Crippen LogP) is 4.73. The second kappa shape index (κ2) is 8.28. The van der Waals surface area contributed by atoms with Gasteiger partial charge >= 0.3 is 0 Å². The first kappa shape index (κ1) is 18.3. The third-order valence-electron chi connectivity index (χ3n) is 4.59. The molecule has 1 atom stereocenters. The number of halogens is 1. The minimum atomic E-state index is 0.00209. The van der Waals surface area contributed by atoms with E-state index in [1.807, 2.05) is 23.1 Å². The maximum absolute atomic E-state index is 12.7. The number of ether oxygens (including phenoxy) is 2. The lowest BCUT2D eigenvalue weighted by Gasteiger charge is -2.23. The van der Waals surface area contributed by atoms with E-state index in [-0.39, 0.29) is 11.9 Å². The molecule has 0 bridgehead atoms. The molecule has 1 amide bonds. The Bertz CT molecular complexity index is 804. The first-order chi connectivity index (χ1) is 12.6. The van der Waals surface area contributed by atoms with Crippen molar-refractivity contribution in [2.75, 3.05) is 20.8 Å². The highest BCUT2D eigenvalue weighted by Crippen LogP contribution is 2.36. The molecule has 1 aliphatic rings. The Balaban J connectivity index is 1.78. The lowest BCUT2D eigenvalue weighted by molar-refractivity contribution is -0.126. The van der Waals surface area contributed by atoms with Crippen LogP contribution in [0.4, 0.5) is 0 Å². The zero-order valence-corrected chi connectivity index (χ0v) is 15.7. The summed E-state index contributed by atoms with van der Waals surface area (Å²) in [5.41, 5.74) is 1.97. The summed E-state index contributed by atoms with van der Waals surface area (Å²) in [5, 5.41) is 0.447. The van der Waals surface area contributed by atoms with Gasteiger partial charge in [0.25, 0.3) is 0 Å². The first-order valence-corrected chi connectivity index (χ1v) is 8.97. The first-order valence-electron chi connectivity index (χ1n) is 8.59. The Labute approximate surface area is 159 Å². The van der Waals surface area contributed by atoms with Crippen LogP contribution in [0.1, 0.15) is 30.0 Å². The number of nitrogens with zero attached hydrogens (tertiary/aromatic N) is 1. The standard InChI is InChI=1S/C21H22ClNO3/c1-25-19-14-15(13-17(22)21(19)26-2)10-11-20(24)23-12-6-9-18(23)16-7-4-3-5-8-16/h3-5,7-8,10-11,13-14,18H,6,9,12H2,1-2H3. The molecule has 0 radical (unpaired) electrons. The van der Waals surface area contributed by atoms with Crippen molar-refractivity contribution in [2.45, 2.75) is 18.9 Å². The maximum Gasteiger partial charge on any atom is 0.247 e. The van der Waals surface area contributed by atoms with E-state index in [1.54, 1.807) is 38.5 Å². The van der Waals surface area contributed by atoms with Gasteiger partial charge in [0, 0.05) is 12.6 Å². The van der Waals surface area contributed by atoms with Crippen molar-refractivity contribution in [3.05, 3.63) is 64.7 Å². The molecule has 1 unspecified atom stereocenters. The SMILES string of the molecule is COc1cc(C=CC(=O)N2CCCC2c2ccccc2)cc(Cl)c1OC. The third-order valence-corrected chi connectivity index (χ3v) is 4.88. The molecule has 4 nitrogen and oxygen atoms in total. The number of rotatable bonds is 5. The lowest BCUT2D eigenvalue weighted by atomic mass is 10.0. The van der Waals surface area contributed by atoms with Gasteiger partial charge in [-0.3, -0.25) is 4.79 Å². The molecule has 3 rings (SSSR count). The fourth-order valence-corrected chi connectivity index (χ4v) is 3.65. The molecule has 136 valence electrons. The summed E-state index contributed by atoms with van der Waals surface area (Å²) in [5.74, 6) is 1.03. The second-order valence-electron chi connectivity index (χ2n) is 6.17. The normalized spacial score (nSPS) is 16.9. The molecule has 0 N–H and O–H groups in total. The highest BCUT2D eigenvalue weighted by molar-refractivity contribution is 6.32. The van der Waals surface area contributed by atoms with Crippen molar-refractivity contribution >= 4 is 23.6 Å². The van der Waals surface area contributed by atoms with Gasteiger partial charge < -0.3 is 14.4 Å². The van der Waals surface area contributed by atoms with Gasteiger partial charge in [-0.15, -0.1) is 0 Å². The van der Waals surface area contributed by atoms with Crippen molar-refractivity contribution < 1.29 is 14.3 Å². The molecule has 26 heavy (non-hydrogen) atoms. The summed E-state index contributed by atoms with van der Waals surface area (Å²) in [7, 11) is 3.10. The molecule has 5 heteroatoms. The molecule has 1 fully saturated rings. The number of carbonyl (C=O) groups is 1. The molecule has 1 saturated heterocycles. The molecule has 0 saturated carbocycles. The monoisotopic (exact) mass is 371 g/mol. The highest BCUT2D eigenvalue weighted by atomic mass is 35.5. The largest absolute Gasteiger partial charge is 0.493 e. The number of amides is 1. The Hall–Kier alpha value is -2.46. The van der Waals surface area contributed by atoms with Crippen LogP contribution in [-0.4, -0.2) is 31.6 Å². The number of benzene rings is 2. The second-order valence-corrected chi connectivity index (χ2v) is 6.58. The van der Waals surface area contributed by atoms with Gasteiger partial charge in [-0.1, -0.05) is 41.9 Å². The van der Waals surface area contributed by atoms with Gasteiger partial charge in [-0.25, -0.2) is 0 Å². The van der Waals surface area contributed by atoms with E-state index in [2.05, 4.69) is 12.1 Å². The van der Waals surface area contributed by atoms with Crippen LogP contribution >= 0.6 is 11.6 Å². The van der Waals surface area contributed by atoms with Crippen molar-refractivity contribution in [3.63, 3.8) is 0 Å². The van der Waals surface area contributed by atoms with Gasteiger partial charge in [0.05, 0.1) is 25.3 Å². The van der Waals surface area contributed by atoms with Gasteiger partial charge in [0.2, 0.25) is 5.91 Å². The van der Waals surface area contributed by atoms with Crippen LogP contribution in [0.5, 0.6) is 11.5 Å².